The molecule has 2 N–H and O–H groups in total. The summed E-state index contributed by atoms with van der Waals surface area (Å²) in [4.78, 5) is 15.7. The van der Waals surface area contributed by atoms with E-state index >= 15 is 0 Å². The van der Waals surface area contributed by atoms with Crippen LogP contribution >= 0.6 is 11.3 Å². The van der Waals surface area contributed by atoms with E-state index in [2.05, 4.69) is 29.6 Å². The number of carbonyl (C=O) groups excluding carboxylic acids is 1. The van der Waals surface area contributed by atoms with Crippen molar-refractivity contribution in [2.24, 2.45) is 5.73 Å². The Morgan fingerprint density at radius 3 is 2.73 bits per heavy atom. The van der Waals surface area contributed by atoms with Gasteiger partial charge in [-0.2, -0.15) is 0 Å². The fraction of sp³-hybridized carbons (Fsp3) is 0.389. The summed E-state index contributed by atoms with van der Waals surface area (Å²) in [5, 5.41) is 2.08. The maximum atomic E-state index is 12.4. The summed E-state index contributed by atoms with van der Waals surface area (Å²) in [6, 6.07) is 14.5. The molecule has 0 saturated carbocycles. The summed E-state index contributed by atoms with van der Waals surface area (Å²) in [6.45, 7) is 1.43. The van der Waals surface area contributed by atoms with Crippen molar-refractivity contribution in [1.29, 1.82) is 0 Å². The van der Waals surface area contributed by atoms with Crippen LogP contribution in [0.25, 0.3) is 0 Å². The van der Waals surface area contributed by atoms with Gasteiger partial charge in [-0.1, -0.05) is 36.4 Å². The number of hydrogen-bond donors (Lipinski definition) is 1. The number of nitrogens with two attached hydrogens (primary N) is 1. The van der Waals surface area contributed by atoms with Crippen molar-refractivity contribution in [3.63, 3.8) is 0 Å². The van der Waals surface area contributed by atoms with E-state index in [0.29, 0.717) is 13.0 Å². The number of thiophene rings is 1. The number of likely N-dealkylation sites (tertiary alicyclic amines) is 1. The first-order chi connectivity index (χ1) is 10.7. The summed E-state index contributed by atoms with van der Waals surface area (Å²) in [7, 11) is 0. The van der Waals surface area contributed by atoms with E-state index in [4.69, 9.17) is 5.73 Å². The normalized spacial score (nSPS) is 21.2. The quantitative estimate of drug-likeness (QED) is 0.922. The van der Waals surface area contributed by atoms with Crippen LogP contribution in [0.15, 0.2) is 47.8 Å². The average molecular weight is 314 g/mol. The number of rotatable bonds is 5. The van der Waals surface area contributed by atoms with Gasteiger partial charge < -0.3 is 10.6 Å². The molecule has 1 saturated heterocycles. The fourth-order valence-corrected chi connectivity index (χ4v) is 3.86. The van der Waals surface area contributed by atoms with Crippen molar-refractivity contribution in [1.82, 2.24) is 4.90 Å². The van der Waals surface area contributed by atoms with Crippen LogP contribution in [0.4, 0.5) is 0 Å². The molecule has 4 heteroatoms. The largest absolute Gasteiger partial charge is 0.340 e. The first-order valence-corrected chi connectivity index (χ1v) is 8.72. The lowest BCUT2D eigenvalue weighted by molar-refractivity contribution is -0.130. The third kappa shape index (κ3) is 3.57. The zero-order valence-electron chi connectivity index (χ0n) is 12.7. The molecule has 1 aromatic carbocycles. The number of hydrogen-bond acceptors (Lipinski definition) is 3. The smallest absolute Gasteiger partial charge is 0.222 e. The molecule has 0 radical (unpaired) electrons. The minimum absolute atomic E-state index is 0.0450. The maximum Gasteiger partial charge on any atom is 0.222 e. The van der Waals surface area contributed by atoms with E-state index in [9.17, 15) is 4.79 Å². The standard InChI is InChI=1S/C18H22N2OS/c19-17-13-20(12-16(17)14-6-2-1-3-7-14)18(21)10-4-8-15-9-5-11-22-15/h1-3,5-7,9,11,16-17H,4,8,10,12-13,19H2/t16-,17+/m0/s1. The van der Waals surface area contributed by atoms with Crippen LogP contribution in [0.5, 0.6) is 0 Å². The van der Waals surface area contributed by atoms with Crippen molar-refractivity contribution in [2.75, 3.05) is 13.1 Å². The number of amides is 1. The van der Waals surface area contributed by atoms with Crippen LogP contribution in [-0.2, 0) is 11.2 Å². The van der Waals surface area contributed by atoms with E-state index in [-0.39, 0.29) is 17.9 Å². The lowest BCUT2D eigenvalue weighted by Crippen LogP contribution is -2.32. The van der Waals surface area contributed by atoms with E-state index in [1.807, 2.05) is 23.1 Å². The van der Waals surface area contributed by atoms with Crippen molar-refractivity contribution < 1.29 is 4.79 Å². The number of benzene rings is 1. The summed E-state index contributed by atoms with van der Waals surface area (Å²) in [5.74, 6) is 0.507. The molecule has 0 aliphatic carbocycles. The molecule has 1 aliphatic heterocycles. The molecule has 1 aromatic heterocycles. The molecule has 1 fully saturated rings. The van der Waals surface area contributed by atoms with Crippen LogP contribution in [-0.4, -0.2) is 29.9 Å². The summed E-state index contributed by atoms with van der Waals surface area (Å²) in [6.07, 6.45) is 2.53. The van der Waals surface area contributed by atoms with Gasteiger partial charge in [0.05, 0.1) is 0 Å². The molecule has 0 unspecified atom stereocenters. The lowest BCUT2D eigenvalue weighted by Gasteiger charge is -2.16. The fourth-order valence-electron chi connectivity index (χ4n) is 3.11. The van der Waals surface area contributed by atoms with E-state index in [0.717, 1.165) is 19.4 Å². The van der Waals surface area contributed by atoms with Gasteiger partial charge in [-0.25, -0.2) is 0 Å². The van der Waals surface area contributed by atoms with Gasteiger partial charge in [0.2, 0.25) is 5.91 Å². The molecule has 3 nitrogen and oxygen atoms in total. The van der Waals surface area contributed by atoms with Crippen LogP contribution in [0.3, 0.4) is 0 Å². The zero-order chi connectivity index (χ0) is 15.4. The Bertz CT molecular complexity index is 597. The minimum atomic E-state index is 0.0450. The van der Waals surface area contributed by atoms with Crippen molar-refractivity contribution in [3.05, 3.63) is 58.3 Å². The Morgan fingerprint density at radius 2 is 2.00 bits per heavy atom. The van der Waals surface area contributed by atoms with Gasteiger partial charge in [0, 0.05) is 36.3 Å². The van der Waals surface area contributed by atoms with Crippen molar-refractivity contribution >= 4 is 17.2 Å². The minimum Gasteiger partial charge on any atom is -0.340 e. The predicted molar refractivity (Wildman–Crippen MR) is 91.0 cm³/mol. The van der Waals surface area contributed by atoms with Crippen LogP contribution in [0, 0.1) is 0 Å². The number of aryl methyl sites for hydroxylation is 1. The van der Waals surface area contributed by atoms with Crippen LogP contribution < -0.4 is 5.73 Å². The molecule has 2 aromatic rings. The second-order valence-corrected chi connectivity index (χ2v) is 6.94. The molecular formula is C18H22N2OS. The Labute approximate surface area is 135 Å². The predicted octanol–water partition coefficient (Wildman–Crippen LogP) is 3.02. The number of carbonyl (C=O) groups is 1. The van der Waals surface area contributed by atoms with E-state index in [1.54, 1.807) is 11.3 Å². The average Bonchev–Trinajstić information content (AvgIpc) is 3.17. The van der Waals surface area contributed by atoms with Gasteiger partial charge in [-0.05, 0) is 29.9 Å². The summed E-state index contributed by atoms with van der Waals surface area (Å²) < 4.78 is 0. The molecule has 2 atom stereocenters. The molecule has 0 bridgehead atoms. The van der Waals surface area contributed by atoms with Gasteiger partial charge >= 0.3 is 0 Å². The summed E-state index contributed by atoms with van der Waals surface area (Å²) in [5.41, 5.74) is 7.49. The third-order valence-corrected chi connectivity index (χ3v) is 5.28. The monoisotopic (exact) mass is 314 g/mol. The Hall–Kier alpha value is -1.65. The molecule has 1 amide bonds. The zero-order valence-corrected chi connectivity index (χ0v) is 13.5. The van der Waals surface area contributed by atoms with Gasteiger partial charge in [-0.15, -0.1) is 11.3 Å². The van der Waals surface area contributed by atoms with Crippen LogP contribution in [0.2, 0.25) is 0 Å². The highest BCUT2D eigenvalue weighted by molar-refractivity contribution is 7.09. The highest BCUT2D eigenvalue weighted by Crippen LogP contribution is 2.27. The molecule has 1 aliphatic rings. The first kappa shape index (κ1) is 15.3. The molecule has 116 valence electrons. The molecule has 22 heavy (non-hydrogen) atoms. The van der Waals surface area contributed by atoms with E-state index in [1.165, 1.54) is 10.4 Å². The van der Waals surface area contributed by atoms with Crippen molar-refractivity contribution in [3.8, 4) is 0 Å². The Kier molecular flexibility index (Phi) is 4.90. The number of nitrogens with zero attached hydrogens (tertiary/aromatic N) is 1. The first-order valence-electron chi connectivity index (χ1n) is 7.84. The van der Waals surface area contributed by atoms with Crippen molar-refractivity contribution in [2.45, 2.75) is 31.2 Å². The Morgan fingerprint density at radius 1 is 1.18 bits per heavy atom. The van der Waals surface area contributed by atoms with E-state index < -0.39 is 0 Å². The summed E-state index contributed by atoms with van der Waals surface area (Å²) >= 11 is 1.76. The lowest BCUT2D eigenvalue weighted by atomic mass is 9.95. The van der Waals surface area contributed by atoms with Gasteiger partial charge in [0.25, 0.3) is 0 Å². The highest BCUT2D eigenvalue weighted by Gasteiger charge is 2.33. The van der Waals surface area contributed by atoms with Gasteiger partial charge in [-0.3, -0.25) is 4.79 Å². The van der Waals surface area contributed by atoms with Gasteiger partial charge in [0.1, 0.15) is 0 Å². The topological polar surface area (TPSA) is 46.3 Å². The highest BCUT2D eigenvalue weighted by atomic mass is 32.1. The maximum absolute atomic E-state index is 12.4. The second-order valence-electron chi connectivity index (χ2n) is 5.91. The third-order valence-electron chi connectivity index (χ3n) is 4.34. The molecule has 2 heterocycles. The van der Waals surface area contributed by atoms with Crippen LogP contribution in [0.1, 0.15) is 29.2 Å². The second kappa shape index (κ2) is 7.07. The SMILES string of the molecule is N[C@@H]1CN(C(=O)CCCc2cccs2)C[C@H]1c1ccccc1. The Balaban J connectivity index is 1.51. The molecule has 3 rings (SSSR count). The molecule has 0 spiro atoms. The molecular weight excluding hydrogens is 292 g/mol. The van der Waals surface area contributed by atoms with Gasteiger partial charge in [0.15, 0.2) is 0 Å².